The van der Waals surface area contributed by atoms with Crippen molar-refractivity contribution in [3.8, 4) is 0 Å². The summed E-state index contributed by atoms with van der Waals surface area (Å²) in [6, 6.07) is 9.93. The molecule has 0 radical (unpaired) electrons. The van der Waals surface area contributed by atoms with E-state index in [1.165, 1.54) is 24.2 Å². The van der Waals surface area contributed by atoms with E-state index in [9.17, 15) is 0 Å². The van der Waals surface area contributed by atoms with E-state index in [1.54, 1.807) is 0 Å². The highest BCUT2D eigenvalue weighted by Gasteiger charge is 2.23. The largest absolute Gasteiger partial charge is 0.338 e. The molecule has 2 N–H and O–H groups in total. The summed E-state index contributed by atoms with van der Waals surface area (Å²) in [5.41, 5.74) is 7.35. The van der Waals surface area contributed by atoms with Crippen LogP contribution in [0.3, 0.4) is 0 Å². The SMILES string of the molecule is NC(Cc1ccccc1)c1nc(C2CCCCS2)no1. The maximum atomic E-state index is 6.17. The third kappa shape index (κ3) is 3.22. The summed E-state index contributed by atoms with van der Waals surface area (Å²) in [5, 5.41) is 4.50. The smallest absolute Gasteiger partial charge is 0.243 e. The molecule has 20 heavy (non-hydrogen) atoms. The van der Waals surface area contributed by atoms with Gasteiger partial charge in [0, 0.05) is 0 Å². The van der Waals surface area contributed by atoms with Crippen molar-refractivity contribution in [1.82, 2.24) is 10.1 Å². The van der Waals surface area contributed by atoms with Crippen molar-refractivity contribution in [2.75, 3.05) is 5.75 Å². The van der Waals surface area contributed by atoms with Gasteiger partial charge in [-0.05, 0) is 30.6 Å². The topological polar surface area (TPSA) is 64.9 Å². The van der Waals surface area contributed by atoms with Crippen molar-refractivity contribution in [2.24, 2.45) is 5.73 Å². The van der Waals surface area contributed by atoms with Crippen LogP contribution in [-0.4, -0.2) is 15.9 Å². The molecule has 4 nitrogen and oxygen atoms in total. The summed E-state index contributed by atoms with van der Waals surface area (Å²) in [6.07, 6.45) is 4.40. The highest BCUT2D eigenvalue weighted by molar-refractivity contribution is 7.99. The molecule has 0 aliphatic carbocycles. The first kappa shape index (κ1) is 13.6. The molecule has 106 valence electrons. The second kappa shape index (κ2) is 6.41. The number of nitrogens with zero attached hydrogens (tertiary/aromatic N) is 2. The molecule has 3 rings (SSSR count). The lowest BCUT2D eigenvalue weighted by Gasteiger charge is -2.17. The van der Waals surface area contributed by atoms with Gasteiger partial charge >= 0.3 is 0 Å². The van der Waals surface area contributed by atoms with Gasteiger partial charge in [-0.25, -0.2) is 0 Å². The van der Waals surface area contributed by atoms with E-state index in [1.807, 2.05) is 30.0 Å². The second-order valence-electron chi connectivity index (χ2n) is 5.14. The van der Waals surface area contributed by atoms with Gasteiger partial charge in [0.2, 0.25) is 5.89 Å². The van der Waals surface area contributed by atoms with E-state index < -0.39 is 0 Å². The van der Waals surface area contributed by atoms with Crippen molar-refractivity contribution in [2.45, 2.75) is 37.0 Å². The summed E-state index contributed by atoms with van der Waals surface area (Å²) >= 11 is 1.92. The van der Waals surface area contributed by atoms with Crippen LogP contribution in [-0.2, 0) is 6.42 Å². The summed E-state index contributed by atoms with van der Waals surface area (Å²) in [7, 11) is 0. The van der Waals surface area contributed by atoms with E-state index in [0.717, 1.165) is 18.7 Å². The lowest BCUT2D eigenvalue weighted by atomic mass is 10.1. The van der Waals surface area contributed by atoms with Gasteiger partial charge in [-0.15, -0.1) is 0 Å². The molecule has 0 amide bonds. The number of rotatable bonds is 4. The van der Waals surface area contributed by atoms with Crippen LogP contribution in [0.1, 0.15) is 47.8 Å². The maximum Gasteiger partial charge on any atom is 0.243 e. The summed E-state index contributed by atoms with van der Waals surface area (Å²) in [5.74, 6) is 2.55. The molecule has 1 aliphatic rings. The van der Waals surface area contributed by atoms with Crippen LogP contribution in [0.25, 0.3) is 0 Å². The first-order chi connectivity index (χ1) is 9.83. The van der Waals surface area contributed by atoms with Gasteiger partial charge in [-0.2, -0.15) is 16.7 Å². The van der Waals surface area contributed by atoms with Gasteiger partial charge in [-0.3, -0.25) is 0 Å². The third-order valence-electron chi connectivity index (χ3n) is 3.54. The van der Waals surface area contributed by atoms with Crippen molar-refractivity contribution >= 4 is 11.8 Å². The molecule has 1 aromatic carbocycles. The Labute approximate surface area is 123 Å². The first-order valence-electron chi connectivity index (χ1n) is 7.07. The fourth-order valence-electron chi connectivity index (χ4n) is 2.43. The van der Waals surface area contributed by atoms with Crippen LogP contribution in [0.5, 0.6) is 0 Å². The van der Waals surface area contributed by atoms with E-state index in [2.05, 4.69) is 22.3 Å². The average molecular weight is 289 g/mol. The quantitative estimate of drug-likeness (QED) is 0.935. The highest BCUT2D eigenvalue weighted by Crippen LogP contribution is 2.36. The molecule has 1 aromatic heterocycles. The predicted octanol–water partition coefficient (Wildman–Crippen LogP) is 3.27. The van der Waals surface area contributed by atoms with Gasteiger partial charge in [0.1, 0.15) is 0 Å². The molecule has 2 unspecified atom stereocenters. The molecule has 1 saturated heterocycles. The zero-order chi connectivity index (χ0) is 13.8. The van der Waals surface area contributed by atoms with Crippen LogP contribution in [0.2, 0.25) is 0 Å². The Morgan fingerprint density at radius 1 is 1.30 bits per heavy atom. The van der Waals surface area contributed by atoms with Gasteiger partial charge in [0.25, 0.3) is 0 Å². The zero-order valence-corrected chi connectivity index (χ0v) is 12.2. The molecule has 2 heterocycles. The molecule has 2 aromatic rings. The number of thioether (sulfide) groups is 1. The normalized spacial score (nSPS) is 20.8. The minimum absolute atomic E-state index is 0.229. The summed E-state index contributed by atoms with van der Waals surface area (Å²) in [6.45, 7) is 0. The van der Waals surface area contributed by atoms with Gasteiger partial charge in [0.05, 0.1) is 11.3 Å². The molecular weight excluding hydrogens is 270 g/mol. The number of aromatic nitrogens is 2. The van der Waals surface area contributed by atoms with Crippen molar-refractivity contribution in [3.05, 3.63) is 47.6 Å². The number of nitrogens with two attached hydrogens (primary N) is 1. The molecule has 5 heteroatoms. The van der Waals surface area contributed by atoms with Crippen molar-refractivity contribution in [1.29, 1.82) is 0 Å². The Hall–Kier alpha value is -1.33. The van der Waals surface area contributed by atoms with Crippen LogP contribution in [0, 0.1) is 0 Å². The third-order valence-corrected chi connectivity index (χ3v) is 4.91. The monoisotopic (exact) mass is 289 g/mol. The van der Waals surface area contributed by atoms with E-state index in [-0.39, 0.29) is 6.04 Å². The Balaban J connectivity index is 1.66. The first-order valence-corrected chi connectivity index (χ1v) is 8.12. The molecule has 0 saturated carbocycles. The fourth-order valence-corrected chi connectivity index (χ4v) is 3.66. The standard InChI is InChI=1S/C15H19N3OS/c16-12(10-11-6-2-1-3-7-11)15-17-14(18-19-15)13-8-4-5-9-20-13/h1-3,6-7,12-13H,4-5,8-10,16H2. The molecule has 0 spiro atoms. The van der Waals surface area contributed by atoms with Crippen LogP contribution in [0.4, 0.5) is 0 Å². The molecule has 0 bridgehead atoms. The Bertz CT molecular complexity index is 537. The molecule has 2 atom stereocenters. The predicted molar refractivity (Wildman–Crippen MR) is 80.4 cm³/mol. The second-order valence-corrected chi connectivity index (χ2v) is 6.45. The van der Waals surface area contributed by atoms with Crippen molar-refractivity contribution in [3.63, 3.8) is 0 Å². The van der Waals surface area contributed by atoms with Gasteiger partial charge in [0.15, 0.2) is 5.82 Å². The van der Waals surface area contributed by atoms with E-state index in [0.29, 0.717) is 11.1 Å². The number of hydrogen-bond donors (Lipinski definition) is 1. The Kier molecular flexibility index (Phi) is 4.38. The average Bonchev–Trinajstić information content (AvgIpc) is 2.99. The minimum atomic E-state index is -0.229. The zero-order valence-electron chi connectivity index (χ0n) is 11.4. The minimum Gasteiger partial charge on any atom is -0.338 e. The molecule has 1 aliphatic heterocycles. The maximum absolute atomic E-state index is 6.17. The summed E-state index contributed by atoms with van der Waals surface area (Å²) in [4.78, 5) is 4.51. The lowest BCUT2D eigenvalue weighted by Crippen LogP contribution is -2.14. The van der Waals surface area contributed by atoms with Crippen LogP contribution < -0.4 is 5.73 Å². The number of hydrogen-bond acceptors (Lipinski definition) is 5. The van der Waals surface area contributed by atoms with Gasteiger partial charge in [-0.1, -0.05) is 41.9 Å². The summed E-state index contributed by atoms with van der Waals surface area (Å²) < 4.78 is 5.35. The Morgan fingerprint density at radius 2 is 2.15 bits per heavy atom. The van der Waals surface area contributed by atoms with Crippen molar-refractivity contribution < 1.29 is 4.52 Å². The van der Waals surface area contributed by atoms with Crippen LogP contribution >= 0.6 is 11.8 Å². The lowest BCUT2D eigenvalue weighted by molar-refractivity contribution is 0.349. The Morgan fingerprint density at radius 3 is 2.90 bits per heavy atom. The van der Waals surface area contributed by atoms with E-state index in [4.69, 9.17) is 10.3 Å². The highest BCUT2D eigenvalue weighted by atomic mass is 32.2. The molecule has 1 fully saturated rings. The number of benzene rings is 1. The van der Waals surface area contributed by atoms with Crippen LogP contribution in [0.15, 0.2) is 34.9 Å². The molecular formula is C15H19N3OS. The van der Waals surface area contributed by atoms with E-state index >= 15 is 0 Å². The fraction of sp³-hybridized carbons (Fsp3) is 0.467. The van der Waals surface area contributed by atoms with Gasteiger partial charge < -0.3 is 10.3 Å².